The van der Waals surface area contributed by atoms with Crippen molar-refractivity contribution in [2.45, 2.75) is 19.3 Å². The molecule has 25 heavy (non-hydrogen) atoms. The summed E-state index contributed by atoms with van der Waals surface area (Å²) in [5, 5.41) is 2.76. The summed E-state index contributed by atoms with van der Waals surface area (Å²) in [6.45, 7) is 0.537. The van der Waals surface area contributed by atoms with Crippen molar-refractivity contribution in [1.82, 2.24) is 10.2 Å². The van der Waals surface area contributed by atoms with E-state index in [1.165, 1.54) is 17.0 Å². The lowest BCUT2D eigenvalue weighted by molar-refractivity contribution is -0.137. The number of carbonyl (C=O) groups excluding carboxylic acids is 1. The molecule has 2 rings (SSSR count). The minimum atomic E-state index is -4.36. The molecule has 0 unspecified atom stereocenters. The lowest BCUT2D eigenvalue weighted by Gasteiger charge is -2.18. The van der Waals surface area contributed by atoms with Crippen LogP contribution in [0.1, 0.15) is 16.7 Å². The van der Waals surface area contributed by atoms with Gasteiger partial charge in [-0.3, -0.25) is 0 Å². The smallest absolute Gasteiger partial charge is 0.416 e. The van der Waals surface area contributed by atoms with Gasteiger partial charge in [0.15, 0.2) is 0 Å². The van der Waals surface area contributed by atoms with Gasteiger partial charge in [-0.15, -0.1) is 0 Å². The van der Waals surface area contributed by atoms with Crippen molar-refractivity contribution in [3.8, 4) is 5.75 Å². The van der Waals surface area contributed by atoms with E-state index in [1.54, 1.807) is 14.2 Å². The van der Waals surface area contributed by atoms with Gasteiger partial charge in [-0.05, 0) is 35.4 Å². The van der Waals surface area contributed by atoms with Crippen LogP contribution in [0.2, 0.25) is 0 Å². The maximum atomic E-state index is 12.5. The van der Waals surface area contributed by atoms with Crippen molar-refractivity contribution in [2.75, 3.05) is 14.2 Å². The first-order valence-corrected chi connectivity index (χ1v) is 7.57. The van der Waals surface area contributed by atoms with Crippen LogP contribution in [0.4, 0.5) is 18.0 Å². The number of hydrogen-bond donors (Lipinski definition) is 1. The minimum Gasteiger partial charge on any atom is -0.497 e. The molecule has 0 aliphatic carbocycles. The molecule has 0 fully saturated rings. The number of hydrogen-bond acceptors (Lipinski definition) is 2. The average Bonchev–Trinajstić information content (AvgIpc) is 2.59. The van der Waals surface area contributed by atoms with Crippen LogP contribution in [-0.2, 0) is 19.3 Å². The van der Waals surface area contributed by atoms with Gasteiger partial charge in [-0.25, -0.2) is 4.79 Å². The Hall–Kier alpha value is -2.70. The zero-order valence-electron chi connectivity index (χ0n) is 13.9. The Morgan fingerprint density at radius 1 is 1.12 bits per heavy atom. The van der Waals surface area contributed by atoms with Crippen LogP contribution in [0.15, 0.2) is 48.5 Å². The van der Waals surface area contributed by atoms with Gasteiger partial charge in [0.25, 0.3) is 0 Å². The highest BCUT2D eigenvalue weighted by molar-refractivity contribution is 5.73. The largest absolute Gasteiger partial charge is 0.497 e. The summed E-state index contributed by atoms with van der Waals surface area (Å²) >= 11 is 0. The van der Waals surface area contributed by atoms with Crippen LogP contribution < -0.4 is 10.1 Å². The van der Waals surface area contributed by atoms with E-state index in [4.69, 9.17) is 4.74 Å². The van der Waals surface area contributed by atoms with Gasteiger partial charge in [0.1, 0.15) is 5.75 Å². The van der Waals surface area contributed by atoms with E-state index in [2.05, 4.69) is 5.32 Å². The Bertz CT molecular complexity index is 715. The summed E-state index contributed by atoms with van der Waals surface area (Å²) in [5.74, 6) is 0.699. The first kappa shape index (κ1) is 18.6. The number of urea groups is 1. The van der Waals surface area contributed by atoms with Crippen molar-refractivity contribution in [3.05, 3.63) is 65.2 Å². The molecule has 0 aromatic heterocycles. The molecule has 2 aromatic carbocycles. The molecule has 2 aromatic rings. The van der Waals surface area contributed by atoms with Crippen LogP contribution in [0.5, 0.6) is 5.75 Å². The maximum absolute atomic E-state index is 12.5. The second-order valence-electron chi connectivity index (χ2n) is 5.56. The van der Waals surface area contributed by atoms with Crippen molar-refractivity contribution in [3.63, 3.8) is 0 Å². The summed E-state index contributed by atoms with van der Waals surface area (Å²) in [4.78, 5) is 13.5. The van der Waals surface area contributed by atoms with Gasteiger partial charge in [0.05, 0.1) is 12.7 Å². The fourth-order valence-electron chi connectivity index (χ4n) is 2.24. The topological polar surface area (TPSA) is 41.6 Å². The molecule has 0 aliphatic rings. The average molecular weight is 352 g/mol. The van der Waals surface area contributed by atoms with Gasteiger partial charge >= 0.3 is 12.2 Å². The third-order valence-corrected chi connectivity index (χ3v) is 3.63. The summed E-state index contributed by atoms with van der Waals surface area (Å²) in [5.41, 5.74) is 0.795. The van der Waals surface area contributed by atoms with E-state index in [-0.39, 0.29) is 12.6 Å². The molecule has 0 bridgehead atoms. The molecule has 134 valence electrons. The lowest BCUT2D eigenvalue weighted by atomic mass is 10.1. The van der Waals surface area contributed by atoms with Gasteiger partial charge in [-0.2, -0.15) is 13.2 Å². The number of nitrogens with one attached hydrogen (secondary N) is 1. The van der Waals surface area contributed by atoms with Gasteiger partial charge < -0.3 is 15.0 Å². The Balaban J connectivity index is 1.89. The summed E-state index contributed by atoms with van der Waals surface area (Å²) in [6, 6.07) is 11.8. The normalized spacial score (nSPS) is 11.1. The first-order valence-electron chi connectivity index (χ1n) is 7.57. The van der Waals surface area contributed by atoms with Crippen molar-refractivity contribution >= 4 is 6.03 Å². The Labute approximate surface area is 144 Å². The van der Waals surface area contributed by atoms with E-state index >= 15 is 0 Å². The molecule has 0 spiro atoms. The molecule has 0 saturated heterocycles. The molecule has 0 saturated carbocycles. The number of rotatable bonds is 5. The Kier molecular flexibility index (Phi) is 5.90. The molecule has 7 heteroatoms. The number of carbonyl (C=O) groups is 1. The van der Waals surface area contributed by atoms with Gasteiger partial charge in [0.2, 0.25) is 0 Å². The number of ether oxygens (including phenoxy) is 1. The van der Waals surface area contributed by atoms with Gasteiger partial charge in [0, 0.05) is 20.1 Å². The number of nitrogens with zero attached hydrogens (tertiary/aromatic N) is 1. The first-order chi connectivity index (χ1) is 11.8. The molecule has 0 heterocycles. The Morgan fingerprint density at radius 3 is 2.40 bits per heavy atom. The molecule has 0 atom stereocenters. The summed E-state index contributed by atoms with van der Waals surface area (Å²) in [6.07, 6.45) is -4.36. The summed E-state index contributed by atoms with van der Waals surface area (Å²) in [7, 11) is 3.15. The monoisotopic (exact) mass is 352 g/mol. The number of alkyl halides is 3. The lowest BCUT2D eigenvalue weighted by Crippen LogP contribution is -2.36. The van der Waals surface area contributed by atoms with Crippen LogP contribution >= 0.6 is 0 Å². The molecule has 2 amide bonds. The third kappa shape index (κ3) is 5.41. The van der Waals surface area contributed by atoms with E-state index in [9.17, 15) is 18.0 Å². The molecular weight excluding hydrogens is 333 g/mol. The number of methoxy groups -OCH3 is 1. The summed E-state index contributed by atoms with van der Waals surface area (Å²) < 4.78 is 42.7. The third-order valence-electron chi connectivity index (χ3n) is 3.63. The van der Waals surface area contributed by atoms with Crippen LogP contribution in [0.25, 0.3) is 0 Å². The van der Waals surface area contributed by atoms with Crippen molar-refractivity contribution in [2.24, 2.45) is 0 Å². The molecule has 0 radical (unpaired) electrons. The van der Waals surface area contributed by atoms with Crippen molar-refractivity contribution in [1.29, 1.82) is 0 Å². The fourth-order valence-corrected chi connectivity index (χ4v) is 2.24. The number of halogens is 3. The maximum Gasteiger partial charge on any atom is 0.416 e. The fraction of sp³-hybridized carbons (Fsp3) is 0.278. The van der Waals surface area contributed by atoms with Crippen molar-refractivity contribution < 1.29 is 22.7 Å². The highest BCUT2D eigenvalue weighted by atomic mass is 19.4. The van der Waals surface area contributed by atoms with E-state index in [1.807, 2.05) is 24.3 Å². The predicted molar refractivity (Wildman–Crippen MR) is 88.1 cm³/mol. The SMILES string of the molecule is COc1cccc(CNC(=O)N(C)Cc2ccc(C(F)(F)F)cc2)c1. The number of benzene rings is 2. The van der Waals surface area contributed by atoms with Crippen LogP contribution in [-0.4, -0.2) is 25.1 Å². The minimum absolute atomic E-state index is 0.210. The van der Waals surface area contributed by atoms with E-state index in [0.717, 1.165) is 17.7 Å². The molecular formula is C18H19F3N2O2. The second-order valence-corrected chi connectivity index (χ2v) is 5.56. The predicted octanol–water partition coefficient (Wildman–Crippen LogP) is 4.06. The van der Waals surface area contributed by atoms with E-state index < -0.39 is 11.7 Å². The zero-order valence-corrected chi connectivity index (χ0v) is 13.9. The Morgan fingerprint density at radius 2 is 1.80 bits per heavy atom. The van der Waals surface area contributed by atoms with Crippen LogP contribution in [0, 0.1) is 0 Å². The highest BCUT2D eigenvalue weighted by Crippen LogP contribution is 2.29. The van der Waals surface area contributed by atoms with E-state index in [0.29, 0.717) is 17.9 Å². The molecule has 0 aliphatic heterocycles. The highest BCUT2D eigenvalue weighted by Gasteiger charge is 2.29. The van der Waals surface area contributed by atoms with Gasteiger partial charge in [-0.1, -0.05) is 24.3 Å². The molecule has 4 nitrogen and oxygen atoms in total. The standard InChI is InChI=1S/C18H19F3N2O2/c1-23(12-13-6-8-15(9-7-13)18(19,20)21)17(24)22-11-14-4-3-5-16(10-14)25-2/h3-10H,11-12H2,1-2H3,(H,22,24). The van der Waals surface area contributed by atoms with Crippen LogP contribution in [0.3, 0.4) is 0 Å². The zero-order chi connectivity index (χ0) is 18.4. The number of amides is 2. The quantitative estimate of drug-likeness (QED) is 0.882. The second kappa shape index (κ2) is 7.92. The molecule has 1 N–H and O–H groups in total.